The normalized spacial score (nSPS) is 12.0. The van der Waals surface area contributed by atoms with Gasteiger partial charge in [0.15, 0.2) is 0 Å². The topological polar surface area (TPSA) is 52.4 Å². The fraction of sp³-hybridized carbons (Fsp3) is 0.273. The fourth-order valence-electron chi connectivity index (χ4n) is 1.24. The maximum absolute atomic E-state index is 10.4. The zero-order valence-corrected chi connectivity index (χ0v) is 8.33. The maximum atomic E-state index is 10.4. The van der Waals surface area contributed by atoms with Crippen LogP contribution in [0.1, 0.15) is 11.7 Å². The lowest BCUT2D eigenvalue weighted by Crippen LogP contribution is -2.15. The summed E-state index contributed by atoms with van der Waals surface area (Å²) >= 11 is 0. The maximum Gasteiger partial charge on any atom is 0.233 e. The highest BCUT2D eigenvalue weighted by Gasteiger charge is 2.17. The van der Waals surface area contributed by atoms with Crippen molar-refractivity contribution in [2.45, 2.75) is 6.10 Å². The predicted molar refractivity (Wildman–Crippen MR) is 57.2 cm³/mol. The molecule has 0 saturated carbocycles. The highest BCUT2D eigenvalue weighted by molar-refractivity contribution is 5.17. The molecule has 0 radical (unpaired) electrons. The van der Waals surface area contributed by atoms with Crippen LogP contribution in [0, 0.1) is 10.1 Å². The van der Waals surface area contributed by atoms with Crippen molar-refractivity contribution in [3.8, 4) is 0 Å². The van der Waals surface area contributed by atoms with E-state index >= 15 is 0 Å². The van der Waals surface area contributed by atoms with Crippen LogP contribution in [0.15, 0.2) is 43.0 Å². The predicted octanol–water partition coefficient (Wildman–Crippen LogP) is 2.21. The third kappa shape index (κ3) is 3.91. The van der Waals surface area contributed by atoms with Crippen LogP contribution in [0.25, 0.3) is 0 Å². The summed E-state index contributed by atoms with van der Waals surface area (Å²) in [6.07, 6.45) is 1.08. The number of nitro groups is 1. The van der Waals surface area contributed by atoms with Crippen LogP contribution in [0.2, 0.25) is 0 Å². The van der Waals surface area contributed by atoms with Crippen molar-refractivity contribution in [3.63, 3.8) is 0 Å². The Labute approximate surface area is 88.3 Å². The van der Waals surface area contributed by atoms with Gasteiger partial charge in [0.25, 0.3) is 0 Å². The molecule has 0 N–H and O–H groups in total. The van der Waals surface area contributed by atoms with E-state index in [1.165, 1.54) is 0 Å². The van der Waals surface area contributed by atoms with E-state index < -0.39 is 6.10 Å². The van der Waals surface area contributed by atoms with Crippen molar-refractivity contribution in [2.24, 2.45) is 0 Å². The van der Waals surface area contributed by atoms with E-state index in [9.17, 15) is 10.1 Å². The Morgan fingerprint density at radius 2 is 2.13 bits per heavy atom. The molecule has 0 aromatic heterocycles. The SMILES string of the molecule is C=CCOC(C[N+](=O)[O-])c1ccccc1. The third-order valence-electron chi connectivity index (χ3n) is 1.90. The van der Waals surface area contributed by atoms with E-state index in [2.05, 4.69) is 6.58 Å². The van der Waals surface area contributed by atoms with Gasteiger partial charge in [-0.1, -0.05) is 36.4 Å². The lowest BCUT2D eigenvalue weighted by atomic mass is 10.1. The molecule has 1 rings (SSSR count). The van der Waals surface area contributed by atoms with Gasteiger partial charge in [0.05, 0.1) is 6.61 Å². The van der Waals surface area contributed by atoms with Crippen molar-refractivity contribution in [1.29, 1.82) is 0 Å². The summed E-state index contributed by atoms with van der Waals surface area (Å²) in [6.45, 7) is 3.60. The first-order chi connectivity index (χ1) is 7.24. The van der Waals surface area contributed by atoms with Crippen LogP contribution >= 0.6 is 0 Å². The molecule has 0 heterocycles. The van der Waals surface area contributed by atoms with Crippen molar-refractivity contribution in [2.75, 3.05) is 13.2 Å². The number of ether oxygens (including phenoxy) is 1. The minimum atomic E-state index is -0.501. The molecule has 0 bridgehead atoms. The zero-order chi connectivity index (χ0) is 11.1. The van der Waals surface area contributed by atoms with Gasteiger partial charge in [-0.2, -0.15) is 0 Å². The van der Waals surface area contributed by atoms with Gasteiger partial charge in [-0.15, -0.1) is 6.58 Å². The van der Waals surface area contributed by atoms with Crippen LogP contribution in [-0.2, 0) is 4.74 Å². The van der Waals surface area contributed by atoms with E-state index in [1.54, 1.807) is 6.08 Å². The molecule has 1 aromatic carbocycles. The van der Waals surface area contributed by atoms with Gasteiger partial charge in [-0.25, -0.2) is 0 Å². The summed E-state index contributed by atoms with van der Waals surface area (Å²) in [6, 6.07) is 9.16. The minimum absolute atomic E-state index is 0.224. The lowest BCUT2D eigenvalue weighted by Gasteiger charge is -2.12. The third-order valence-corrected chi connectivity index (χ3v) is 1.90. The second kappa shape index (κ2) is 5.93. The molecule has 0 spiro atoms. The number of hydrogen-bond donors (Lipinski definition) is 0. The Bertz CT molecular complexity index is 324. The summed E-state index contributed by atoms with van der Waals surface area (Å²) in [5, 5.41) is 10.4. The smallest absolute Gasteiger partial charge is 0.233 e. The van der Waals surface area contributed by atoms with Crippen molar-refractivity contribution >= 4 is 0 Å². The van der Waals surface area contributed by atoms with Gasteiger partial charge < -0.3 is 4.74 Å². The van der Waals surface area contributed by atoms with Crippen molar-refractivity contribution < 1.29 is 9.66 Å². The van der Waals surface area contributed by atoms with Crippen LogP contribution in [0.5, 0.6) is 0 Å². The van der Waals surface area contributed by atoms with E-state index in [0.29, 0.717) is 6.61 Å². The molecule has 1 atom stereocenters. The average Bonchev–Trinajstić information content (AvgIpc) is 2.25. The monoisotopic (exact) mass is 207 g/mol. The first-order valence-corrected chi connectivity index (χ1v) is 4.63. The molecule has 1 aromatic rings. The van der Waals surface area contributed by atoms with Gasteiger partial charge in [0.1, 0.15) is 6.10 Å². The van der Waals surface area contributed by atoms with E-state index in [4.69, 9.17) is 4.74 Å². The Hall–Kier alpha value is -1.68. The molecule has 0 amide bonds. The Balaban J connectivity index is 2.71. The minimum Gasteiger partial charge on any atom is -0.363 e. The summed E-state index contributed by atoms with van der Waals surface area (Å²) in [5.74, 6) is 0. The molecule has 1 unspecified atom stereocenters. The van der Waals surface area contributed by atoms with E-state index in [1.807, 2.05) is 30.3 Å². The second-order valence-corrected chi connectivity index (χ2v) is 3.04. The molecule has 80 valence electrons. The van der Waals surface area contributed by atoms with Gasteiger partial charge in [0.2, 0.25) is 6.54 Å². The van der Waals surface area contributed by atoms with Crippen molar-refractivity contribution in [1.82, 2.24) is 0 Å². The summed E-state index contributed by atoms with van der Waals surface area (Å²) in [7, 11) is 0. The van der Waals surface area contributed by atoms with Gasteiger partial charge in [-0.3, -0.25) is 10.1 Å². The number of benzene rings is 1. The zero-order valence-electron chi connectivity index (χ0n) is 8.33. The molecule has 4 heteroatoms. The average molecular weight is 207 g/mol. The van der Waals surface area contributed by atoms with Gasteiger partial charge in [0, 0.05) is 4.92 Å². The van der Waals surface area contributed by atoms with Crippen LogP contribution in [-0.4, -0.2) is 18.1 Å². The first-order valence-electron chi connectivity index (χ1n) is 4.63. The largest absolute Gasteiger partial charge is 0.363 e. The molecular formula is C11H13NO3. The molecule has 0 aliphatic heterocycles. The van der Waals surface area contributed by atoms with Crippen LogP contribution in [0.3, 0.4) is 0 Å². The number of nitrogens with zero attached hydrogens (tertiary/aromatic N) is 1. The fourth-order valence-corrected chi connectivity index (χ4v) is 1.24. The highest BCUT2D eigenvalue weighted by Crippen LogP contribution is 2.16. The molecular weight excluding hydrogens is 194 g/mol. The summed E-state index contributed by atoms with van der Waals surface area (Å²) in [5.41, 5.74) is 0.816. The quantitative estimate of drug-likeness (QED) is 0.408. The summed E-state index contributed by atoms with van der Waals surface area (Å²) in [4.78, 5) is 10.1. The van der Waals surface area contributed by atoms with Crippen LogP contribution in [0.4, 0.5) is 0 Å². The second-order valence-electron chi connectivity index (χ2n) is 3.04. The Morgan fingerprint density at radius 3 is 2.67 bits per heavy atom. The van der Waals surface area contributed by atoms with Gasteiger partial charge in [-0.05, 0) is 5.56 Å². The number of hydrogen-bond acceptors (Lipinski definition) is 3. The Kier molecular flexibility index (Phi) is 4.50. The molecule has 15 heavy (non-hydrogen) atoms. The number of rotatable bonds is 6. The molecule has 0 saturated heterocycles. The van der Waals surface area contributed by atoms with Crippen LogP contribution < -0.4 is 0 Å². The molecule has 4 nitrogen and oxygen atoms in total. The van der Waals surface area contributed by atoms with E-state index in [-0.39, 0.29) is 11.5 Å². The molecule has 0 fully saturated rings. The van der Waals surface area contributed by atoms with Crippen molar-refractivity contribution in [3.05, 3.63) is 58.7 Å². The molecule has 0 aliphatic carbocycles. The Morgan fingerprint density at radius 1 is 1.47 bits per heavy atom. The first kappa shape index (κ1) is 11.4. The lowest BCUT2D eigenvalue weighted by molar-refractivity contribution is -0.492. The summed E-state index contributed by atoms with van der Waals surface area (Å²) < 4.78 is 5.33. The highest BCUT2D eigenvalue weighted by atomic mass is 16.6. The standard InChI is InChI=1S/C11H13NO3/c1-2-8-15-11(9-12(13)14)10-6-4-3-5-7-10/h2-7,11H,1,8-9H2. The van der Waals surface area contributed by atoms with Gasteiger partial charge >= 0.3 is 0 Å². The molecule has 0 aliphatic rings. The van der Waals surface area contributed by atoms with E-state index in [0.717, 1.165) is 5.56 Å².